The van der Waals surface area contributed by atoms with Gasteiger partial charge in [0.1, 0.15) is 0 Å². The smallest absolute Gasteiger partial charge is 0.240 e. The lowest BCUT2D eigenvalue weighted by Crippen LogP contribution is -2.48. The molecule has 0 radical (unpaired) electrons. The lowest BCUT2D eigenvalue weighted by Gasteiger charge is -2.27. The van der Waals surface area contributed by atoms with Crippen LogP contribution in [0, 0.1) is 0 Å². The molecule has 0 aromatic heterocycles. The standard InChI is InChI=1S/C19H26N2O2/c1-14(15-7-3-2-4-8-15)13-18(22)17-10-6-12-21(17)19(23)16-9-5-11-20-16/h2-4,7-8,14,16-17,20H,5-6,9-13H2,1H3/t14?,16-,17?/m1/s1. The quantitative estimate of drug-likeness (QED) is 0.908. The number of hydrogen-bond acceptors (Lipinski definition) is 3. The lowest BCUT2D eigenvalue weighted by molar-refractivity contribution is -0.139. The van der Waals surface area contributed by atoms with Crippen molar-refractivity contribution >= 4 is 11.7 Å². The van der Waals surface area contributed by atoms with Gasteiger partial charge in [-0.1, -0.05) is 37.3 Å². The maximum Gasteiger partial charge on any atom is 0.240 e. The normalized spacial score (nSPS) is 25.5. The molecule has 1 aromatic rings. The highest BCUT2D eigenvalue weighted by molar-refractivity contribution is 5.92. The first-order valence-electron chi connectivity index (χ1n) is 8.78. The van der Waals surface area contributed by atoms with Crippen molar-refractivity contribution in [1.29, 1.82) is 0 Å². The zero-order valence-corrected chi connectivity index (χ0v) is 13.8. The van der Waals surface area contributed by atoms with Crippen LogP contribution in [0.2, 0.25) is 0 Å². The van der Waals surface area contributed by atoms with E-state index in [-0.39, 0.29) is 29.7 Å². The van der Waals surface area contributed by atoms with Crippen LogP contribution in [-0.4, -0.2) is 41.8 Å². The molecule has 2 unspecified atom stereocenters. The van der Waals surface area contributed by atoms with Gasteiger partial charge in [-0.05, 0) is 43.7 Å². The lowest BCUT2D eigenvalue weighted by atomic mass is 9.92. The van der Waals surface area contributed by atoms with Gasteiger partial charge in [-0.15, -0.1) is 0 Å². The Morgan fingerprint density at radius 2 is 2.00 bits per heavy atom. The van der Waals surface area contributed by atoms with E-state index in [4.69, 9.17) is 0 Å². The highest BCUT2D eigenvalue weighted by Crippen LogP contribution is 2.26. The number of Topliss-reactive ketones (excluding diaryl/α,β-unsaturated/α-hetero) is 1. The monoisotopic (exact) mass is 314 g/mol. The Morgan fingerprint density at radius 1 is 1.22 bits per heavy atom. The fourth-order valence-corrected chi connectivity index (χ4v) is 3.80. The van der Waals surface area contributed by atoms with E-state index in [9.17, 15) is 9.59 Å². The largest absolute Gasteiger partial charge is 0.331 e. The van der Waals surface area contributed by atoms with Crippen LogP contribution in [0.15, 0.2) is 30.3 Å². The van der Waals surface area contributed by atoms with E-state index in [1.54, 1.807) is 0 Å². The summed E-state index contributed by atoms with van der Waals surface area (Å²) >= 11 is 0. The first-order chi connectivity index (χ1) is 11.2. The van der Waals surface area contributed by atoms with Crippen molar-refractivity contribution in [2.24, 2.45) is 0 Å². The van der Waals surface area contributed by atoms with Gasteiger partial charge in [0.15, 0.2) is 5.78 Å². The van der Waals surface area contributed by atoms with E-state index >= 15 is 0 Å². The molecule has 2 heterocycles. The summed E-state index contributed by atoms with van der Waals surface area (Å²) in [7, 11) is 0. The van der Waals surface area contributed by atoms with Crippen molar-refractivity contribution in [1.82, 2.24) is 10.2 Å². The molecule has 0 saturated carbocycles. The Hall–Kier alpha value is -1.68. The number of carbonyl (C=O) groups is 2. The average molecular weight is 314 g/mol. The van der Waals surface area contributed by atoms with Crippen LogP contribution in [0.4, 0.5) is 0 Å². The molecule has 124 valence electrons. The van der Waals surface area contributed by atoms with E-state index in [1.807, 2.05) is 23.1 Å². The van der Waals surface area contributed by atoms with E-state index in [0.717, 1.165) is 38.8 Å². The van der Waals surface area contributed by atoms with Crippen molar-refractivity contribution in [3.63, 3.8) is 0 Å². The van der Waals surface area contributed by atoms with Gasteiger partial charge in [0.05, 0.1) is 12.1 Å². The Labute approximate surface area is 138 Å². The molecule has 4 nitrogen and oxygen atoms in total. The molecule has 4 heteroatoms. The van der Waals surface area contributed by atoms with Crippen LogP contribution in [-0.2, 0) is 9.59 Å². The number of hydrogen-bond donors (Lipinski definition) is 1. The molecule has 2 saturated heterocycles. The zero-order chi connectivity index (χ0) is 16.2. The third-order valence-corrected chi connectivity index (χ3v) is 5.14. The maximum atomic E-state index is 12.7. The molecule has 0 bridgehead atoms. The topological polar surface area (TPSA) is 49.4 Å². The third kappa shape index (κ3) is 3.63. The third-order valence-electron chi connectivity index (χ3n) is 5.14. The predicted molar refractivity (Wildman–Crippen MR) is 90.2 cm³/mol. The van der Waals surface area contributed by atoms with Gasteiger partial charge in [-0.3, -0.25) is 9.59 Å². The molecule has 1 N–H and O–H groups in total. The molecule has 2 aliphatic heterocycles. The van der Waals surface area contributed by atoms with Crippen LogP contribution in [0.3, 0.4) is 0 Å². The molecular weight excluding hydrogens is 288 g/mol. The summed E-state index contributed by atoms with van der Waals surface area (Å²) in [4.78, 5) is 27.2. The minimum Gasteiger partial charge on any atom is -0.331 e. The number of ketones is 1. The van der Waals surface area contributed by atoms with Gasteiger partial charge >= 0.3 is 0 Å². The molecule has 0 aliphatic carbocycles. The van der Waals surface area contributed by atoms with Crippen molar-refractivity contribution in [2.75, 3.05) is 13.1 Å². The van der Waals surface area contributed by atoms with Gasteiger partial charge in [0.25, 0.3) is 0 Å². The fourth-order valence-electron chi connectivity index (χ4n) is 3.80. The second-order valence-corrected chi connectivity index (χ2v) is 6.82. The fraction of sp³-hybridized carbons (Fsp3) is 0.579. The van der Waals surface area contributed by atoms with Crippen LogP contribution >= 0.6 is 0 Å². The summed E-state index contributed by atoms with van der Waals surface area (Å²) in [6, 6.07) is 9.85. The predicted octanol–water partition coefficient (Wildman–Crippen LogP) is 2.49. The number of rotatable bonds is 5. The Morgan fingerprint density at radius 3 is 2.70 bits per heavy atom. The van der Waals surface area contributed by atoms with Gasteiger partial charge in [0.2, 0.25) is 5.91 Å². The molecule has 2 aliphatic rings. The van der Waals surface area contributed by atoms with Crippen LogP contribution < -0.4 is 5.32 Å². The van der Waals surface area contributed by atoms with Gasteiger partial charge in [0, 0.05) is 13.0 Å². The van der Waals surface area contributed by atoms with Crippen molar-refractivity contribution in [3.8, 4) is 0 Å². The van der Waals surface area contributed by atoms with E-state index in [0.29, 0.717) is 6.42 Å². The SMILES string of the molecule is CC(CC(=O)C1CCCN1C(=O)[C@H]1CCCN1)c1ccccc1. The van der Waals surface area contributed by atoms with Crippen LogP contribution in [0.5, 0.6) is 0 Å². The van der Waals surface area contributed by atoms with Gasteiger partial charge < -0.3 is 10.2 Å². The summed E-state index contributed by atoms with van der Waals surface area (Å²) in [5.41, 5.74) is 1.19. The maximum absolute atomic E-state index is 12.7. The number of benzene rings is 1. The number of amides is 1. The second kappa shape index (κ2) is 7.26. The van der Waals surface area contributed by atoms with Crippen molar-refractivity contribution in [2.45, 2.75) is 57.0 Å². The van der Waals surface area contributed by atoms with E-state index in [1.165, 1.54) is 5.56 Å². The summed E-state index contributed by atoms with van der Waals surface area (Å²) in [5.74, 6) is 0.543. The van der Waals surface area contributed by atoms with Crippen LogP contribution in [0.25, 0.3) is 0 Å². The molecule has 0 spiro atoms. The Bertz CT molecular complexity index is 552. The first kappa shape index (κ1) is 16.2. The highest BCUT2D eigenvalue weighted by atomic mass is 16.2. The number of nitrogens with one attached hydrogen (secondary N) is 1. The number of likely N-dealkylation sites (tertiary alicyclic amines) is 1. The second-order valence-electron chi connectivity index (χ2n) is 6.82. The summed E-state index contributed by atoms with van der Waals surface area (Å²) in [5, 5.41) is 3.26. The molecule has 3 atom stereocenters. The van der Waals surface area contributed by atoms with Crippen molar-refractivity contribution in [3.05, 3.63) is 35.9 Å². The molecule has 3 rings (SSSR count). The zero-order valence-electron chi connectivity index (χ0n) is 13.8. The first-order valence-corrected chi connectivity index (χ1v) is 8.78. The highest BCUT2D eigenvalue weighted by Gasteiger charge is 2.37. The van der Waals surface area contributed by atoms with E-state index < -0.39 is 0 Å². The number of carbonyl (C=O) groups excluding carboxylic acids is 2. The molecular formula is C19H26N2O2. The summed E-state index contributed by atoms with van der Waals surface area (Å²) < 4.78 is 0. The molecule has 1 amide bonds. The van der Waals surface area contributed by atoms with E-state index in [2.05, 4.69) is 24.4 Å². The van der Waals surface area contributed by atoms with Crippen LogP contribution in [0.1, 0.15) is 50.5 Å². The minimum absolute atomic E-state index is 0.0741. The average Bonchev–Trinajstić information content (AvgIpc) is 3.26. The Balaban J connectivity index is 1.62. The van der Waals surface area contributed by atoms with Crippen molar-refractivity contribution < 1.29 is 9.59 Å². The molecule has 2 fully saturated rings. The Kier molecular flexibility index (Phi) is 5.11. The minimum atomic E-state index is -0.212. The summed E-state index contributed by atoms with van der Waals surface area (Å²) in [6.07, 6.45) is 4.22. The van der Waals surface area contributed by atoms with Gasteiger partial charge in [-0.2, -0.15) is 0 Å². The summed E-state index contributed by atoms with van der Waals surface area (Å²) in [6.45, 7) is 3.73. The number of nitrogens with zero attached hydrogens (tertiary/aromatic N) is 1. The molecule has 1 aromatic carbocycles. The van der Waals surface area contributed by atoms with Gasteiger partial charge in [-0.25, -0.2) is 0 Å². The molecule has 23 heavy (non-hydrogen) atoms.